The molecule has 24 heavy (non-hydrogen) atoms. The van der Waals surface area contributed by atoms with Gasteiger partial charge in [0.2, 0.25) is 0 Å². The molecule has 0 aliphatic heterocycles. The van der Waals surface area contributed by atoms with Gasteiger partial charge in [0.25, 0.3) is 5.56 Å². The molecule has 3 aromatic rings. The van der Waals surface area contributed by atoms with Gasteiger partial charge in [0.15, 0.2) is 22.5 Å². The number of fused-ring (bicyclic) bond motifs is 1. The van der Waals surface area contributed by atoms with Gasteiger partial charge in [0.1, 0.15) is 5.65 Å². The van der Waals surface area contributed by atoms with Gasteiger partial charge in [-0.3, -0.25) is 9.36 Å². The molecule has 122 valence electrons. The van der Waals surface area contributed by atoms with Crippen molar-refractivity contribution < 1.29 is 9.13 Å². The van der Waals surface area contributed by atoms with Crippen molar-refractivity contribution in [3.05, 3.63) is 52.7 Å². The van der Waals surface area contributed by atoms with Gasteiger partial charge < -0.3 is 4.74 Å². The first kappa shape index (κ1) is 15.1. The van der Waals surface area contributed by atoms with Gasteiger partial charge >= 0.3 is 0 Å². The maximum atomic E-state index is 13.8. The number of hydrogen-bond acceptors (Lipinski definition) is 5. The topological polar surface area (TPSA) is 57.0 Å². The van der Waals surface area contributed by atoms with Crippen LogP contribution in [-0.2, 0) is 0 Å². The SMILES string of the molecule is CSc1ncc2cc(Oc3ccccc3F)c(=O)n(C3CC3)c2n1. The molecule has 0 amide bonds. The second-order valence-corrected chi connectivity index (χ2v) is 6.36. The molecule has 1 aliphatic carbocycles. The smallest absolute Gasteiger partial charge is 0.295 e. The standard InChI is InChI=1S/C17H14FN3O2S/c1-24-17-19-9-10-8-14(23-13-5-3-2-4-12(13)18)16(22)21(11-6-7-11)15(10)20-17/h2-5,8-9,11H,6-7H2,1H3. The van der Waals surface area contributed by atoms with Crippen molar-refractivity contribution in [2.24, 2.45) is 0 Å². The molecule has 1 saturated carbocycles. The maximum absolute atomic E-state index is 13.8. The van der Waals surface area contributed by atoms with Gasteiger partial charge in [0.05, 0.1) is 0 Å². The summed E-state index contributed by atoms with van der Waals surface area (Å²) in [5.41, 5.74) is 0.307. The van der Waals surface area contributed by atoms with Crippen LogP contribution >= 0.6 is 11.8 Å². The molecular formula is C17H14FN3O2S. The van der Waals surface area contributed by atoms with E-state index in [1.807, 2.05) is 6.26 Å². The average molecular weight is 343 g/mol. The number of para-hydroxylation sites is 1. The Hall–Kier alpha value is -2.41. The Labute approximate surface area is 141 Å². The fraction of sp³-hybridized carbons (Fsp3) is 0.235. The number of thioether (sulfide) groups is 1. The van der Waals surface area contributed by atoms with Crippen LogP contribution in [0.1, 0.15) is 18.9 Å². The Kier molecular flexibility index (Phi) is 3.72. The zero-order chi connectivity index (χ0) is 16.7. The highest BCUT2D eigenvalue weighted by molar-refractivity contribution is 7.98. The molecule has 1 aliphatic rings. The molecular weight excluding hydrogens is 329 g/mol. The molecule has 1 fully saturated rings. The van der Waals surface area contributed by atoms with Crippen LogP contribution < -0.4 is 10.3 Å². The quantitative estimate of drug-likeness (QED) is 0.533. The Morgan fingerprint density at radius 2 is 2.08 bits per heavy atom. The number of rotatable bonds is 4. The molecule has 0 atom stereocenters. The van der Waals surface area contributed by atoms with E-state index in [1.165, 1.54) is 23.9 Å². The van der Waals surface area contributed by atoms with Crippen molar-refractivity contribution in [1.82, 2.24) is 14.5 Å². The van der Waals surface area contributed by atoms with E-state index >= 15 is 0 Å². The molecule has 4 rings (SSSR count). The zero-order valence-electron chi connectivity index (χ0n) is 12.9. The van der Waals surface area contributed by atoms with Crippen LogP contribution in [0.3, 0.4) is 0 Å². The van der Waals surface area contributed by atoms with Gasteiger partial charge in [-0.25, -0.2) is 14.4 Å². The molecule has 2 heterocycles. The summed E-state index contributed by atoms with van der Waals surface area (Å²) in [6, 6.07) is 7.72. The lowest BCUT2D eigenvalue weighted by Gasteiger charge is -2.12. The van der Waals surface area contributed by atoms with Gasteiger partial charge in [-0.05, 0) is 37.3 Å². The number of pyridine rings is 1. The van der Waals surface area contributed by atoms with Crippen molar-refractivity contribution >= 4 is 22.8 Å². The lowest BCUT2D eigenvalue weighted by molar-refractivity contribution is 0.432. The number of ether oxygens (including phenoxy) is 1. The Bertz CT molecular complexity index is 985. The zero-order valence-corrected chi connectivity index (χ0v) is 13.7. The maximum Gasteiger partial charge on any atom is 0.295 e. The third kappa shape index (κ3) is 2.65. The first-order chi connectivity index (χ1) is 11.7. The third-order valence-electron chi connectivity index (χ3n) is 3.87. The average Bonchev–Trinajstić information content (AvgIpc) is 3.42. The molecule has 0 N–H and O–H groups in total. The van der Waals surface area contributed by atoms with Crippen molar-refractivity contribution in [3.8, 4) is 11.5 Å². The van der Waals surface area contributed by atoms with Gasteiger partial charge in [0, 0.05) is 17.6 Å². The van der Waals surface area contributed by atoms with Crippen LogP contribution in [0.2, 0.25) is 0 Å². The molecule has 1 aromatic carbocycles. The fourth-order valence-electron chi connectivity index (χ4n) is 2.57. The van der Waals surface area contributed by atoms with E-state index in [-0.39, 0.29) is 23.1 Å². The number of hydrogen-bond donors (Lipinski definition) is 0. The fourth-order valence-corrected chi connectivity index (χ4v) is 2.90. The summed E-state index contributed by atoms with van der Waals surface area (Å²) in [6.07, 6.45) is 5.41. The van der Waals surface area contributed by atoms with Gasteiger partial charge in [-0.2, -0.15) is 0 Å². The first-order valence-electron chi connectivity index (χ1n) is 7.56. The molecule has 0 radical (unpaired) electrons. The van der Waals surface area contributed by atoms with Crippen LogP contribution in [0.15, 0.2) is 46.5 Å². The summed E-state index contributed by atoms with van der Waals surface area (Å²) >= 11 is 1.42. The van der Waals surface area contributed by atoms with Crippen LogP contribution in [-0.4, -0.2) is 20.8 Å². The largest absolute Gasteiger partial charge is 0.448 e. The minimum atomic E-state index is -0.510. The summed E-state index contributed by atoms with van der Waals surface area (Å²) in [4.78, 5) is 21.5. The molecule has 0 bridgehead atoms. The summed E-state index contributed by atoms with van der Waals surface area (Å²) in [7, 11) is 0. The third-order valence-corrected chi connectivity index (χ3v) is 4.43. The van der Waals surface area contributed by atoms with Crippen molar-refractivity contribution in [3.63, 3.8) is 0 Å². The van der Waals surface area contributed by atoms with Crippen molar-refractivity contribution in [2.75, 3.05) is 6.26 Å². The molecule has 7 heteroatoms. The molecule has 0 saturated heterocycles. The molecule has 0 spiro atoms. The van der Waals surface area contributed by atoms with Crippen LogP contribution in [0.5, 0.6) is 11.5 Å². The van der Waals surface area contributed by atoms with Crippen molar-refractivity contribution in [1.29, 1.82) is 0 Å². The van der Waals surface area contributed by atoms with Crippen LogP contribution in [0.4, 0.5) is 4.39 Å². The summed E-state index contributed by atoms with van der Waals surface area (Å²) in [6.45, 7) is 0. The van der Waals surface area contributed by atoms with E-state index in [2.05, 4.69) is 9.97 Å². The molecule has 0 unspecified atom stereocenters. The predicted octanol–water partition coefficient (Wildman–Crippen LogP) is 3.78. The Balaban J connectivity index is 1.89. The van der Waals surface area contributed by atoms with Gasteiger partial charge in [-0.1, -0.05) is 23.9 Å². The number of nitrogens with zero attached hydrogens (tertiary/aromatic N) is 3. The minimum Gasteiger partial charge on any atom is -0.448 e. The number of benzene rings is 1. The van der Waals surface area contributed by atoms with E-state index in [4.69, 9.17) is 4.74 Å². The highest BCUT2D eigenvalue weighted by Crippen LogP contribution is 2.36. The van der Waals surface area contributed by atoms with E-state index in [0.717, 1.165) is 12.8 Å². The number of halogens is 1. The monoisotopic (exact) mass is 343 g/mol. The molecule has 2 aromatic heterocycles. The minimum absolute atomic E-state index is 0.0259. The van der Waals surface area contributed by atoms with E-state index in [9.17, 15) is 9.18 Å². The predicted molar refractivity (Wildman–Crippen MR) is 90.3 cm³/mol. The van der Waals surface area contributed by atoms with E-state index < -0.39 is 5.82 Å². The highest BCUT2D eigenvalue weighted by Gasteiger charge is 2.28. The normalized spacial score (nSPS) is 14.1. The van der Waals surface area contributed by atoms with Crippen molar-refractivity contribution in [2.45, 2.75) is 24.0 Å². The summed E-state index contributed by atoms with van der Waals surface area (Å²) < 4.78 is 21.0. The summed E-state index contributed by atoms with van der Waals surface area (Å²) in [5, 5.41) is 1.31. The second-order valence-electron chi connectivity index (χ2n) is 5.58. The van der Waals surface area contributed by atoms with Crippen LogP contribution in [0.25, 0.3) is 11.0 Å². The van der Waals surface area contributed by atoms with E-state index in [0.29, 0.717) is 16.2 Å². The van der Waals surface area contributed by atoms with Crippen LogP contribution in [0, 0.1) is 5.82 Å². The van der Waals surface area contributed by atoms with Gasteiger partial charge in [-0.15, -0.1) is 0 Å². The number of aromatic nitrogens is 3. The highest BCUT2D eigenvalue weighted by atomic mass is 32.2. The molecule has 5 nitrogen and oxygen atoms in total. The second kappa shape index (κ2) is 5.90. The Morgan fingerprint density at radius 3 is 2.79 bits per heavy atom. The first-order valence-corrected chi connectivity index (χ1v) is 8.78. The Morgan fingerprint density at radius 1 is 1.29 bits per heavy atom. The lowest BCUT2D eigenvalue weighted by atomic mass is 10.3. The lowest BCUT2D eigenvalue weighted by Crippen LogP contribution is -2.21. The summed E-state index contributed by atoms with van der Waals surface area (Å²) in [5.74, 6) is -0.401. The van der Waals surface area contributed by atoms with E-state index in [1.54, 1.807) is 29.0 Å².